The number of nitrogens with zero attached hydrogens (tertiary/aromatic N) is 2. The van der Waals surface area contributed by atoms with Crippen LogP contribution in [0.3, 0.4) is 0 Å². The maximum absolute atomic E-state index is 12.8. The third-order valence-corrected chi connectivity index (χ3v) is 5.02. The van der Waals surface area contributed by atoms with Crippen LogP contribution in [-0.4, -0.2) is 41.6 Å². The number of halogens is 2. The van der Waals surface area contributed by atoms with E-state index in [2.05, 4.69) is 39.7 Å². The van der Waals surface area contributed by atoms with E-state index >= 15 is 0 Å². The van der Waals surface area contributed by atoms with Gasteiger partial charge in [-0.2, -0.15) is 0 Å². The molecule has 2 aliphatic rings. The first-order chi connectivity index (χ1) is 9.56. The van der Waals surface area contributed by atoms with E-state index < -0.39 is 0 Å². The van der Waals surface area contributed by atoms with E-state index in [4.69, 9.17) is 0 Å². The molecule has 1 amide bonds. The zero-order valence-electron chi connectivity index (χ0n) is 12.5. The minimum Gasteiger partial charge on any atom is -0.340 e. The third-order valence-electron chi connectivity index (χ3n) is 4.58. The van der Waals surface area contributed by atoms with Crippen molar-refractivity contribution in [3.8, 4) is 0 Å². The zero-order chi connectivity index (χ0) is 14.3. The molecule has 0 spiro atoms. The van der Waals surface area contributed by atoms with Crippen molar-refractivity contribution in [1.82, 2.24) is 14.8 Å². The third kappa shape index (κ3) is 3.30. The SMILES string of the molecule is CC(C)n1cc(Br)cc1C(=O)N1CCC2CNCC2C1.Cl. The summed E-state index contributed by atoms with van der Waals surface area (Å²) in [6.07, 6.45) is 3.13. The Kier molecular flexibility index (Phi) is 5.38. The van der Waals surface area contributed by atoms with Gasteiger partial charge in [0.15, 0.2) is 0 Å². The van der Waals surface area contributed by atoms with Crippen LogP contribution in [0.15, 0.2) is 16.7 Å². The number of carbonyl (C=O) groups is 1. The Morgan fingerprint density at radius 2 is 2.10 bits per heavy atom. The number of rotatable bonds is 2. The van der Waals surface area contributed by atoms with Gasteiger partial charge in [0.25, 0.3) is 5.91 Å². The van der Waals surface area contributed by atoms with Crippen molar-refractivity contribution in [3.05, 3.63) is 22.4 Å². The highest BCUT2D eigenvalue weighted by atomic mass is 79.9. The molecular weight excluding hydrogens is 354 g/mol. The molecule has 118 valence electrons. The lowest BCUT2D eigenvalue weighted by atomic mass is 9.88. The van der Waals surface area contributed by atoms with Crippen molar-refractivity contribution < 1.29 is 4.79 Å². The fourth-order valence-corrected chi connectivity index (χ4v) is 3.86. The second kappa shape index (κ2) is 6.71. The van der Waals surface area contributed by atoms with Gasteiger partial charge in [-0.25, -0.2) is 0 Å². The molecule has 1 aromatic heterocycles. The van der Waals surface area contributed by atoms with Gasteiger partial charge in [-0.3, -0.25) is 4.79 Å². The molecule has 0 radical (unpaired) electrons. The van der Waals surface area contributed by atoms with Crippen LogP contribution in [0.4, 0.5) is 0 Å². The van der Waals surface area contributed by atoms with Gasteiger partial charge in [-0.05, 0) is 67.2 Å². The Labute approximate surface area is 140 Å². The van der Waals surface area contributed by atoms with E-state index in [1.807, 2.05) is 17.2 Å². The van der Waals surface area contributed by atoms with E-state index in [1.54, 1.807) is 0 Å². The molecule has 4 nitrogen and oxygen atoms in total. The minimum absolute atomic E-state index is 0. The van der Waals surface area contributed by atoms with Gasteiger partial charge in [0.1, 0.15) is 5.69 Å². The number of hydrogen-bond donors (Lipinski definition) is 1. The van der Waals surface area contributed by atoms with Crippen LogP contribution in [0.5, 0.6) is 0 Å². The molecule has 3 heterocycles. The minimum atomic E-state index is 0. The highest BCUT2D eigenvalue weighted by Gasteiger charge is 2.35. The average Bonchev–Trinajstić information content (AvgIpc) is 3.02. The maximum Gasteiger partial charge on any atom is 0.270 e. The Balaban J connectivity index is 0.00000161. The van der Waals surface area contributed by atoms with E-state index in [1.165, 1.54) is 0 Å². The maximum atomic E-state index is 12.8. The first-order valence-corrected chi connectivity index (χ1v) is 8.23. The van der Waals surface area contributed by atoms with Crippen molar-refractivity contribution in [3.63, 3.8) is 0 Å². The van der Waals surface area contributed by atoms with Crippen LogP contribution < -0.4 is 5.32 Å². The summed E-state index contributed by atoms with van der Waals surface area (Å²) in [4.78, 5) is 14.8. The average molecular weight is 377 g/mol. The Bertz CT molecular complexity index is 517. The molecule has 1 aromatic rings. The standard InChI is InChI=1S/C15H22BrN3O.ClH/c1-10(2)19-9-13(16)5-14(19)15(20)18-4-3-11-6-17-7-12(11)8-18;/h5,9-12,17H,3-4,6-8H2,1-2H3;1H. The molecule has 21 heavy (non-hydrogen) atoms. The van der Waals surface area contributed by atoms with Crippen molar-refractivity contribution in [2.75, 3.05) is 26.2 Å². The molecule has 1 N–H and O–H groups in total. The number of piperidine rings is 1. The van der Waals surface area contributed by atoms with Crippen LogP contribution in [0.25, 0.3) is 0 Å². The molecule has 2 unspecified atom stereocenters. The summed E-state index contributed by atoms with van der Waals surface area (Å²) in [5.41, 5.74) is 0.802. The fourth-order valence-electron chi connectivity index (χ4n) is 3.43. The normalized spacial score (nSPS) is 24.9. The number of likely N-dealkylation sites (tertiary alicyclic amines) is 1. The predicted octanol–water partition coefficient (Wildman–Crippen LogP) is 2.93. The molecule has 6 heteroatoms. The highest BCUT2D eigenvalue weighted by Crippen LogP contribution is 2.28. The summed E-state index contributed by atoms with van der Waals surface area (Å²) >= 11 is 3.49. The summed E-state index contributed by atoms with van der Waals surface area (Å²) in [7, 11) is 0. The molecule has 0 bridgehead atoms. The summed E-state index contributed by atoms with van der Waals surface area (Å²) in [5, 5.41) is 3.45. The monoisotopic (exact) mass is 375 g/mol. The van der Waals surface area contributed by atoms with Gasteiger partial charge in [0.2, 0.25) is 0 Å². The Hall–Kier alpha value is -0.520. The van der Waals surface area contributed by atoms with E-state index in [0.717, 1.165) is 48.7 Å². The van der Waals surface area contributed by atoms with Crippen LogP contribution in [0.1, 0.15) is 36.8 Å². The molecule has 2 saturated heterocycles. The summed E-state index contributed by atoms with van der Waals surface area (Å²) in [6, 6.07) is 2.24. The summed E-state index contributed by atoms with van der Waals surface area (Å²) in [5.74, 6) is 1.58. The molecule has 0 saturated carbocycles. The predicted molar refractivity (Wildman–Crippen MR) is 90.1 cm³/mol. The molecule has 2 atom stereocenters. The Morgan fingerprint density at radius 3 is 2.81 bits per heavy atom. The van der Waals surface area contributed by atoms with Gasteiger partial charge in [0, 0.05) is 29.8 Å². The lowest BCUT2D eigenvalue weighted by molar-refractivity contribution is 0.0630. The van der Waals surface area contributed by atoms with Crippen molar-refractivity contribution >= 4 is 34.2 Å². The van der Waals surface area contributed by atoms with E-state index in [9.17, 15) is 4.79 Å². The van der Waals surface area contributed by atoms with Gasteiger partial charge < -0.3 is 14.8 Å². The van der Waals surface area contributed by atoms with Gasteiger partial charge in [-0.15, -0.1) is 12.4 Å². The summed E-state index contributed by atoms with van der Waals surface area (Å²) in [6.45, 7) is 8.19. The number of hydrogen-bond acceptors (Lipinski definition) is 2. The van der Waals surface area contributed by atoms with Gasteiger partial charge in [0.05, 0.1) is 0 Å². The fraction of sp³-hybridized carbons (Fsp3) is 0.667. The molecule has 3 rings (SSSR count). The van der Waals surface area contributed by atoms with E-state index in [0.29, 0.717) is 12.0 Å². The number of fused-ring (bicyclic) bond motifs is 1. The lowest BCUT2D eigenvalue weighted by Crippen LogP contribution is -2.44. The number of carbonyl (C=O) groups excluding carboxylic acids is 1. The quantitative estimate of drug-likeness (QED) is 0.861. The smallest absolute Gasteiger partial charge is 0.270 e. The Morgan fingerprint density at radius 1 is 1.38 bits per heavy atom. The zero-order valence-corrected chi connectivity index (χ0v) is 14.9. The highest BCUT2D eigenvalue weighted by molar-refractivity contribution is 9.10. The second-order valence-electron chi connectivity index (χ2n) is 6.26. The molecule has 2 aliphatic heterocycles. The van der Waals surface area contributed by atoms with Crippen molar-refractivity contribution in [1.29, 1.82) is 0 Å². The molecular formula is C15H23BrClN3O. The number of nitrogens with one attached hydrogen (secondary N) is 1. The van der Waals surface area contributed by atoms with Crippen LogP contribution >= 0.6 is 28.3 Å². The van der Waals surface area contributed by atoms with Crippen LogP contribution in [0, 0.1) is 11.8 Å². The van der Waals surface area contributed by atoms with E-state index in [-0.39, 0.29) is 18.3 Å². The first-order valence-electron chi connectivity index (χ1n) is 7.43. The lowest BCUT2D eigenvalue weighted by Gasteiger charge is -2.34. The summed E-state index contributed by atoms with van der Waals surface area (Å²) < 4.78 is 3.04. The molecule has 0 aliphatic carbocycles. The van der Waals surface area contributed by atoms with Gasteiger partial charge in [-0.1, -0.05) is 0 Å². The molecule has 0 aromatic carbocycles. The number of amides is 1. The topological polar surface area (TPSA) is 37.3 Å². The van der Waals surface area contributed by atoms with Crippen LogP contribution in [0.2, 0.25) is 0 Å². The largest absolute Gasteiger partial charge is 0.340 e. The second-order valence-corrected chi connectivity index (χ2v) is 7.18. The van der Waals surface area contributed by atoms with Gasteiger partial charge >= 0.3 is 0 Å². The first kappa shape index (κ1) is 16.8. The van der Waals surface area contributed by atoms with Crippen molar-refractivity contribution in [2.45, 2.75) is 26.3 Å². The van der Waals surface area contributed by atoms with Crippen molar-refractivity contribution in [2.24, 2.45) is 11.8 Å². The number of aromatic nitrogens is 1. The van der Waals surface area contributed by atoms with Crippen LogP contribution in [-0.2, 0) is 0 Å². The molecule has 2 fully saturated rings.